The molecule has 0 radical (unpaired) electrons. The third-order valence-corrected chi connectivity index (χ3v) is 5.21. The number of hydrogen-bond acceptors (Lipinski definition) is 3. The summed E-state index contributed by atoms with van der Waals surface area (Å²) in [6, 6.07) is 8.52. The number of benzene rings is 1. The molecule has 1 aromatic carbocycles. The molecule has 1 fully saturated rings. The van der Waals surface area contributed by atoms with E-state index in [2.05, 4.69) is 53.6 Å². The number of aryl methyl sites for hydroxylation is 1. The number of amides is 1. The minimum Gasteiger partial charge on any atom is -0.369 e. The Morgan fingerprint density at radius 2 is 1.93 bits per heavy atom. The summed E-state index contributed by atoms with van der Waals surface area (Å²) in [5.41, 5.74) is 7.95. The molecule has 6 heteroatoms. The molecule has 28 heavy (non-hydrogen) atoms. The molecule has 4 N–H and O–H groups in total. The van der Waals surface area contributed by atoms with Gasteiger partial charge in [0, 0.05) is 19.6 Å². The number of carbonyl (C=O) groups excluding carboxylic acids is 1. The van der Waals surface area contributed by atoms with Gasteiger partial charge in [0.1, 0.15) is 0 Å². The number of rotatable bonds is 10. The van der Waals surface area contributed by atoms with E-state index < -0.39 is 0 Å². The minimum absolute atomic E-state index is 0.0176. The Balaban J connectivity index is 1.77. The van der Waals surface area contributed by atoms with Crippen molar-refractivity contribution in [3.63, 3.8) is 0 Å². The standard InChI is InChI=1S/C22H37N5O/c1-3-4-12-24-22(26-16-19-10-8-18(2)9-11-19)25-13-6-15-27-14-5-7-20(17-27)21(23)28/h8-11,20H,3-7,12-17H2,1-2H3,(H2,23,28)(H2,24,25,26). The highest BCUT2D eigenvalue weighted by Gasteiger charge is 2.23. The highest BCUT2D eigenvalue weighted by atomic mass is 16.1. The van der Waals surface area contributed by atoms with Crippen LogP contribution in [-0.2, 0) is 11.3 Å². The molecule has 1 heterocycles. The van der Waals surface area contributed by atoms with Crippen molar-refractivity contribution >= 4 is 11.9 Å². The lowest BCUT2D eigenvalue weighted by molar-refractivity contribution is -0.123. The Morgan fingerprint density at radius 3 is 2.61 bits per heavy atom. The van der Waals surface area contributed by atoms with Crippen LogP contribution >= 0.6 is 0 Å². The lowest BCUT2D eigenvalue weighted by atomic mass is 9.97. The summed E-state index contributed by atoms with van der Waals surface area (Å²) in [6.45, 7) is 9.61. The highest BCUT2D eigenvalue weighted by molar-refractivity contribution is 5.79. The number of nitrogens with two attached hydrogens (primary N) is 1. The van der Waals surface area contributed by atoms with Crippen molar-refractivity contribution < 1.29 is 4.79 Å². The number of nitrogens with zero attached hydrogens (tertiary/aromatic N) is 2. The Morgan fingerprint density at radius 1 is 1.21 bits per heavy atom. The van der Waals surface area contributed by atoms with Crippen molar-refractivity contribution in [2.45, 2.75) is 52.5 Å². The summed E-state index contributed by atoms with van der Waals surface area (Å²) in [4.78, 5) is 18.5. The Labute approximate surface area is 170 Å². The molecule has 0 aromatic heterocycles. The van der Waals surface area contributed by atoms with Crippen molar-refractivity contribution in [1.29, 1.82) is 0 Å². The van der Waals surface area contributed by atoms with E-state index >= 15 is 0 Å². The van der Waals surface area contributed by atoms with Crippen LogP contribution in [0, 0.1) is 12.8 Å². The Bertz CT molecular complexity index is 614. The summed E-state index contributed by atoms with van der Waals surface area (Å²) in [7, 11) is 0. The van der Waals surface area contributed by atoms with E-state index in [1.54, 1.807) is 0 Å². The smallest absolute Gasteiger partial charge is 0.221 e. The average molecular weight is 388 g/mol. The number of piperidine rings is 1. The predicted molar refractivity (Wildman–Crippen MR) is 116 cm³/mol. The molecule has 0 aliphatic carbocycles. The predicted octanol–water partition coefficient (Wildman–Crippen LogP) is 2.42. The lowest BCUT2D eigenvalue weighted by Gasteiger charge is -2.31. The first-order chi connectivity index (χ1) is 13.6. The summed E-state index contributed by atoms with van der Waals surface area (Å²) in [5, 5.41) is 6.88. The second-order valence-electron chi connectivity index (χ2n) is 7.75. The fraction of sp³-hybridized carbons (Fsp3) is 0.636. The first-order valence-corrected chi connectivity index (χ1v) is 10.7. The molecule has 2 rings (SSSR count). The SMILES string of the molecule is CCCCNC(=NCc1ccc(C)cc1)NCCCN1CCCC(C(N)=O)C1. The summed E-state index contributed by atoms with van der Waals surface area (Å²) in [5.74, 6) is 0.736. The molecule has 1 unspecified atom stereocenters. The van der Waals surface area contributed by atoms with E-state index in [0.29, 0.717) is 6.54 Å². The van der Waals surface area contributed by atoms with Crippen LogP contribution in [0.5, 0.6) is 0 Å². The molecular formula is C22H37N5O. The zero-order valence-electron chi connectivity index (χ0n) is 17.5. The third-order valence-electron chi connectivity index (χ3n) is 5.21. The first-order valence-electron chi connectivity index (χ1n) is 10.7. The van der Waals surface area contributed by atoms with Gasteiger partial charge >= 0.3 is 0 Å². The summed E-state index contributed by atoms with van der Waals surface area (Å²) < 4.78 is 0. The highest BCUT2D eigenvalue weighted by Crippen LogP contribution is 2.15. The number of likely N-dealkylation sites (tertiary alicyclic amines) is 1. The number of guanidine groups is 1. The molecular weight excluding hydrogens is 350 g/mol. The van der Waals surface area contributed by atoms with Gasteiger partial charge in [-0.05, 0) is 51.3 Å². The van der Waals surface area contributed by atoms with Gasteiger partial charge in [-0.25, -0.2) is 4.99 Å². The molecule has 1 aromatic rings. The van der Waals surface area contributed by atoms with Crippen LogP contribution in [0.1, 0.15) is 50.2 Å². The molecule has 156 valence electrons. The molecule has 1 atom stereocenters. The minimum atomic E-state index is -0.159. The molecule has 1 saturated heterocycles. The Kier molecular flexibility index (Phi) is 9.83. The number of primary amides is 1. The van der Waals surface area contributed by atoms with Gasteiger partial charge in [0.2, 0.25) is 5.91 Å². The van der Waals surface area contributed by atoms with Crippen LogP contribution in [0.25, 0.3) is 0 Å². The maximum atomic E-state index is 11.4. The Hall–Kier alpha value is -2.08. The molecule has 6 nitrogen and oxygen atoms in total. The second-order valence-corrected chi connectivity index (χ2v) is 7.75. The van der Waals surface area contributed by atoms with E-state index in [-0.39, 0.29) is 11.8 Å². The molecule has 0 spiro atoms. The summed E-state index contributed by atoms with van der Waals surface area (Å²) >= 11 is 0. The van der Waals surface area contributed by atoms with Crippen molar-refractivity contribution in [3.8, 4) is 0 Å². The fourth-order valence-electron chi connectivity index (χ4n) is 3.42. The molecule has 0 bridgehead atoms. The number of carbonyl (C=O) groups is 1. The monoisotopic (exact) mass is 387 g/mol. The van der Waals surface area contributed by atoms with Gasteiger partial charge in [-0.1, -0.05) is 43.2 Å². The average Bonchev–Trinajstić information content (AvgIpc) is 2.70. The zero-order valence-corrected chi connectivity index (χ0v) is 17.5. The number of aliphatic imine (C=N–C) groups is 1. The van der Waals surface area contributed by atoms with E-state index in [1.807, 2.05) is 0 Å². The molecule has 0 saturated carbocycles. The zero-order chi connectivity index (χ0) is 20.2. The lowest BCUT2D eigenvalue weighted by Crippen LogP contribution is -2.43. The quantitative estimate of drug-likeness (QED) is 0.327. The van der Waals surface area contributed by atoms with E-state index in [0.717, 1.165) is 70.8 Å². The van der Waals surface area contributed by atoms with Gasteiger partial charge in [0.15, 0.2) is 5.96 Å². The maximum absolute atomic E-state index is 11.4. The van der Waals surface area contributed by atoms with E-state index in [1.165, 1.54) is 11.1 Å². The van der Waals surface area contributed by atoms with Crippen molar-refractivity contribution in [1.82, 2.24) is 15.5 Å². The van der Waals surface area contributed by atoms with Gasteiger partial charge in [-0.3, -0.25) is 4.79 Å². The van der Waals surface area contributed by atoms with Crippen molar-refractivity contribution in [3.05, 3.63) is 35.4 Å². The summed E-state index contributed by atoms with van der Waals surface area (Å²) in [6.07, 6.45) is 5.30. The van der Waals surface area contributed by atoms with Crippen molar-refractivity contribution in [2.24, 2.45) is 16.6 Å². The topological polar surface area (TPSA) is 82.8 Å². The largest absolute Gasteiger partial charge is 0.369 e. The van der Waals surface area contributed by atoms with Crippen LogP contribution in [0.4, 0.5) is 0 Å². The second kappa shape index (κ2) is 12.4. The van der Waals surface area contributed by atoms with Gasteiger partial charge in [-0.15, -0.1) is 0 Å². The van der Waals surface area contributed by atoms with Crippen molar-refractivity contribution in [2.75, 3.05) is 32.7 Å². The van der Waals surface area contributed by atoms with Crippen LogP contribution in [0.2, 0.25) is 0 Å². The number of unbranched alkanes of at least 4 members (excludes halogenated alkanes) is 1. The molecule has 1 amide bonds. The first kappa shape index (κ1) is 22.2. The van der Waals surface area contributed by atoms with Crippen LogP contribution in [-0.4, -0.2) is 49.5 Å². The molecule has 1 aliphatic rings. The van der Waals surface area contributed by atoms with E-state index in [9.17, 15) is 4.79 Å². The van der Waals surface area contributed by atoms with Gasteiger partial charge < -0.3 is 21.3 Å². The van der Waals surface area contributed by atoms with Crippen LogP contribution < -0.4 is 16.4 Å². The number of nitrogens with one attached hydrogen (secondary N) is 2. The van der Waals surface area contributed by atoms with Gasteiger partial charge in [0.25, 0.3) is 0 Å². The fourth-order valence-corrected chi connectivity index (χ4v) is 3.42. The third kappa shape index (κ3) is 8.30. The van der Waals surface area contributed by atoms with Gasteiger partial charge in [-0.2, -0.15) is 0 Å². The number of hydrogen-bond donors (Lipinski definition) is 3. The van der Waals surface area contributed by atoms with Crippen LogP contribution in [0.15, 0.2) is 29.3 Å². The van der Waals surface area contributed by atoms with Crippen LogP contribution in [0.3, 0.4) is 0 Å². The maximum Gasteiger partial charge on any atom is 0.221 e. The molecule has 1 aliphatic heterocycles. The van der Waals surface area contributed by atoms with E-state index in [4.69, 9.17) is 10.7 Å². The van der Waals surface area contributed by atoms with Gasteiger partial charge in [0.05, 0.1) is 12.5 Å². The normalized spacial score (nSPS) is 18.1.